The molecule has 124 valence electrons. The highest BCUT2D eigenvalue weighted by atomic mass is 16.5. The Morgan fingerprint density at radius 1 is 1.24 bits per heavy atom. The number of rotatable bonds is 4. The summed E-state index contributed by atoms with van der Waals surface area (Å²) < 4.78 is 6.58. The average Bonchev–Trinajstić information content (AvgIpc) is 3.20. The van der Waals surface area contributed by atoms with Gasteiger partial charge in [-0.25, -0.2) is 4.68 Å². The number of methoxy groups -OCH3 is 1. The molecule has 7 heteroatoms. The van der Waals surface area contributed by atoms with Crippen LogP contribution in [0.25, 0.3) is 5.69 Å². The van der Waals surface area contributed by atoms with E-state index in [0.29, 0.717) is 11.3 Å². The summed E-state index contributed by atoms with van der Waals surface area (Å²) in [5, 5.41) is 13.7. The predicted octanol–water partition coefficient (Wildman–Crippen LogP) is 1.45. The number of tetrazole rings is 1. The van der Waals surface area contributed by atoms with E-state index in [0.717, 1.165) is 11.3 Å². The van der Waals surface area contributed by atoms with Crippen LogP contribution in [0.1, 0.15) is 15.9 Å². The lowest BCUT2D eigenvalue weighted by atomic mass is 10.2. The molecule has 1 N–H and O–H groups in total. The Bertz CT molecular complexity index is 909. The summed E-state index contributed by atoms with van der Waals surface area (Å²) in [6.07, 6.45) is 1.47. The van der Waals surface area contributed by atoms with E-state index in [9.17, 15) is 4.79 Å². The zero-order valence-corrected chi connectivity index (χ0v) is 13.5. The predicted molar refractivity (Wildman–Crippen MR) is 91.4 cm³/mol. The summed E-state index contributed by atoms with van der Waals surface area (Å²) in [6, 6.07) is 14.4. The molecule has 0 unspecified atom stereocenters. The van der Waals surface area contributed by atoms with E-state index in [1.54, 1.807) is 25.3 Å². The molecule has 1 heterocycles. The topological polar surface area (TPSA) is 81.9 Å². The van der Waals surface area contributed by atoms with Crippen LogP contribution in [-0.2, 0) is 0 Å². The van der Waals surface area contributed by atoms with Gasteiger partial charge in [-0.2, -0.15) is 0 Å². The minimum absolute atomic E-state index is 0.209. The van der Waals surface area contributed by atoms with Crippen molar-refractivity contribution in [1.82, 2.24) is 25.5 Å². The van der Waals surface area contributed by atoms with Gasteiger partial charge in [0.1, 0.15) is 12.1 Å². The minimum atomic E-state index is -0.209. The van der Waals surface area contributed by atoms with Gasteiger partial charge in [0.25, 0.3) is 5.91 Å². The van der Waals surface area contributed by atoms with Crippen LogP contribution in [0.15, 0.2) is 54.9 Å². The van der Waals surface area contributed by atoms with E-state index in [4.69, 9.17) is 4.74 Å². The number of carbonyl (C=O) groups excluding carboxylic acids is 1. The van der Waals surface area contributed by atoms with Crippen LogP contribution in [-0.4, -0.2) is 39.8 Å². The van der Waals surface area contributed by atoms with Crippen LogP contribution in [0.3, 0.4) is 0 Å². The van der Waals surface area contributed by atoms with Crippen molar-refractivity contribution in [3.8, 4) is 23.3 Å². The maximum atomic E-state index is 12.2. The molecule has 0 aliphatic heterocycles. The molecule has 1 amide bonds. The van der Waals surface area contributed by atoms with Crippen LogP contribution < -0.4 is 10.1 Å². The van der Waals surface area contributed by atoms with Gasteiger partial charge in [0.15, 0.2) is 0 Å². The summed E-state index contributed by atoms with van der Waals surface area (Å²) in [7, 11) is 1.62. The Morgan fingerprint density at radius 2 is 2.08 bits per heavy atom. The Balaban J connectivity index is 1.60. The zero-order valence-electron chi connectivity index (χ0n) is 13.5. The molecule has 0 atom stereocenters. The van der Waals surface area contributed by atoms with Crippen molar-refractivity contribution in [2.24, 2.45) is 0 Å². The number of nitrogens with one attached hydrogen (secondary N) is 1. The summed E-state index contributed by atoms with van der Waals surface area (Å²) in [5.74, 6) is 6.48. The first-order valence-corrected chi connectivity index (χ1v) is 7.51. The van der Waals surface area contributed by atoms with Gasteiger partial charge in [-0.05, 0) is 52.9 Å². The maximum absolute atomic E-state index is 12.2. The lowest BCUT2D eigenvalue weighted by Gasteiger charge is -2.04. The molecule has 0 saturated heterocycles. The Morgan fingerprint density at radius 3 is 2.80 bits per heavy atom. The van der Waals surface area contributed by atoms with Crippen LogP contribution in [0.4, 0.5) is 0 Å². The second-order valence-electron chi connectivity index (χ2n) is 5.02. The Labute approximate surface area is 144 Å². The van der Waals surface area contributed by atoms with Crippen molar-refractivity contribution in [2.75, 3.05) is 13.7 Å². The van der Waals surface area contributed by atoms with E-state index in [-0.39, 0.29) is 12.5 Å². The molecule has 3 aromatic rings. The molecule has 0 spiro atoms. The number of amides is 1. The molecule has 25 heavy (non-hydrogen) atoms. The Hall–Kier alpha value is -3.66. The summed E-state index contributed by atoms with van der Waals surface area (Å²) in [4.78, 5) is 12.2. The van der Waals surface area contributed by atoms with Crippen LogP contribution in [0.2, 0.25) is 0 Å². The highest BCUT2D eigenvalue weighted by Crippen LogP contribution is 2.10. The largest absolute Gasteiger partial charge is 0.497 e. The molecule has 3 rings (SSSR count). The van der Waals surface area contributed by atoms with Gasteiger partial charge in [0.05, 0.1) is 19.3 Å². The van der Waals surface area contributed by atoms with E-state index in [1.807, 2.05) is 30.3 Å². The van der Waals surface area contributed by atoms with Crippen LogP contribution in [0, 0.1) is 11.8 Å². The van der Waals surface area contributed by atoms with E-state index < -0.39 is 0 Å². The molecule has 2 aromatic carbocycles. The van der Waals surface area contributed by atoms with Crippen LogP contribution in [0.5, 0.6) is 5.75 Å². The first-order chi connectivity index (χ1) is 12.3. The molecule has 0 aliphatic carbocycles. The third-order valence-corrected chi connectivity index (χ3v) is 3.38. The van der Waals surface area contributed by atoms with Crippen molar-refractivity contribution in [1.29, 1.82) is 0 Å². The number of carbonyl (C=O) groups is 1. The number of benzene rings is 2. The molecule has 0 radical (unpaired) electrons. The number of hydrogen-bond acceptors (Lipinski definition) is 5. The average molecular weight is 333 g/mol. The minimum Gasteiger partial charge on any atom is -0.497 e. The fourth-order valence-corrected chi connectivity index (χ4v) is 2.12. The second kappa shape index (κ2) is 7.75. The van der Waals surface area contributed by atoms with Crippen molar-refractivity contribution >= 4 is 5.91 Å². The van der Waals surface area contributed by atoms with Gasteiger partial charge >= 0.3 is 0 Å². The molecule has 0 fully saturated rings. The fraction of sp³-hybridized carbons (Fsp3) is 0.111. The van der Waals surface area contributed by atoms with Gasteiger partial charge in [-0.1, -0.05) is 17.9 Å². The van der Waals surface area contributed by atoms with Crippen molar-refractivity contribution in [3.63, 3.8) is 0 Å². The van der Waals surface area contributed by atoms with Crippen LogP contribution >= 0.6 is 0 Å². The monoisotopic (exact) mass is 333 g/mol. The highest BCUT2D eigenvalue weighted by Gasteiger charge is 2.06. The first kappa shape index (κ1) is 16.2. The maximum Gasteiger partial charge on any atom is 0.252 e. The molecule has 7 nitrogen and oxygen atoms in total. The lowest BCUT2D eigenvalue weighted by molar-refractivity contribution is 0.0958. The summed E-state index contributed by atoms with van der Waals surface area (Å²) >= 11 is 0. The summed E-state index contributed by atoms with van der Waals surface area (Å²) in [5.41, 5.74) is 2.08. The number of aromatic nitrogens is 4. The molecule has 0 bridgehead atoms. The fourth-order valence-electron chi connectivity index (χ4n) is 2.12. The Kier molecular flexibility index (Phi) is 5.02. The van der Waals surface area contributed by atoms with E-state index in [2.05, 4.69) is 32.7 Å². The van der Waals surface area contributed by atoms with Crippen molar-refractivity contribution in [3.05, 3.63) is 66.0 Å². The molecular weight excluding hydrogens is 318 g/mol. The molecular formula is C18H15N5O2. The highest BCUT2D eigenvalue weighted by molar-refractivity contribution is 5.94. The smallest absolute Gasteiger partial charge is 0.252 e. The van der Waals surface area contributed by atoms with Gasteiger partial charge in [0.2, 0.25) is 0 Å². The van der Waals surface area contributed by atoms with Crippen molar-refractivity contribution < 1.29 is 9.53 Å². The third-order valence-electron chi connectivity index (χ3n) is 3.38. The summed E-state index contributed by atoms with van der Waals surface area (Å²) in [6.45, 7) is 0.250. The van der Waals surface area contributed by atoms with Gasteiger partial charge in [0, 0.05) is 11.1 Å². The number of ether oxygens (including phenoxy) is 1. The zero-order chi connectivity index (χ0) is 17.5. The quantitative estimate of drug-likeness (QED) is 0.731. The molecule has 0 aliphatic rings. The lowest BCUT2D eigenvalue weighted by Crippen LogP contribution is -2.23. The number of hydrogen-bond donors (Lipinski definition) is 1. The first-order valence-electron chi connectivity index (χ1n) is 7.51. The number of nitrogens with zero attached hydrogens (tertiary/aromatic N) is 4. The van der Waals surface area contributed by atoms with Crippen molar-refractivity contribution in [2.45, 2.75) is 0 Å². The van der Waals surface area contributed by atoms with Gasteiger partial charge in [-0.3, -0.25) is 4.79 Å². The van der Waals surface area contributed by atoms with E-state index in [1.165, 1.54) is 11.0 Å². The normalized spacial score (nSPS) is 9.80. The van der Waals surface area contributed by atoms with Gasteiger partial charge in [-0.15, -0.1) is 5.10 Å². The van der Waals surface area contributed by atoms with E-state index >= 15 is 0 Å². The second-order valence-corrected chi connectivity index (χ2v) is 5.02. The standard InChI is InChI=1S/C18H15N5O2/c1-25-17-9-7-14(8-10-17)4-3-11-19-18(24)15-5-2-6-16(12-15)23-13-20-21-22-23/h2,5-10,12-13H,11H2,1H3,(H,19,24). The molecule has 1 aromatic heterocycles. The SMILES string of the molecule is COc1ccc(C#CCNC(=O)c2cccc(-n3cnnn3)c2)cc1. The van der Waals surface area contributed by atoms with Gasteiger partial charge < -0.3 is 10.1 Å². The third kappa shape index (κ3) is 4.20. The molecule has 0 saturated carbocycles.